The van der Waals surface area contributed by atoms with Gasteiger partial charge >= 0.3 is 0 Å². The van der Waals surface area contributed by atoms with Crippen LogP contribution in [-0.4, -0.2) is 34.9 Å². The van der Waals surface area contributed by atoms with Crippen LogP contribution >= 0.6 is 11.8 Å². The largest absolute Gasteiger partial charge is 0.396 e. The molecule has 0 saturated heterocycles. The van der Waals surface area contributed by atoms with Crippen molar-refractivity contribution in [2.24, 2.45) is 5.92 Å². The molecule has 1 amide bonds. The van der Waals surface area contributed by atoms with Crippen molar-refractivity contribution in [2.45, 2.75) is 17.7 Å². The Morgan fingerprint density at radius 3 is 2.94 bits per heavy atom. The van der Waals surface area contributed by atoms with Gasteiger partial charge in [0.2, 0.25) is 0 Å². The molecule has 0 saturated carbocycles. The Kier molecular flexibility index (Phi) is 6.00. The van der Waals surface area contributed by atoms with Crippen LogP contribution in [0.15, 0.2) is 23.4 Å². The van der Waals surface area contributed by atoms with Crippen molar-refractivity contribution in [3.8, 4) is 0 Å². The van der Waals surface area contributed by atoms with Crippen LogP contribution < -0.4 is 5.32 Å². The molecular weight excluding hydrogens is 262 g/mol. The van der Waals surface area contributed by atoms with E-state index >= 15 is 0 Å². The first kappa shape index (κ1) is 14.8. The van der Waals surface area contributed by atoms with Crippen molar-refractivity contribution in [1.29, 1.82) is 0 Å². The molecule has 1 rings (SSSR count). The highest BCUT2D eigenvalue weighted by Crippen LogP contribution is 2.26. The van der Waals surface area contributed by atoms with E-state index in [9.17, 15) is 13.6 Å². The fourth-order valence-electron chi connectivity index (χ4n) is 1.17. The second-order valence-electron chi connectivity index (χ2n) is 3.73. The van der Waals surface area contributed by atoms with E-state index in [2.05, 4.69) is 10.3 Å². The van der Waals surface area contributed by atoms with E-state index in [0.717, 1.165) is 0 Å². The number of aliphatic hydroxyl groups excluding tert-OH is 1. The predicted octanol–water partition coefficient (Wildman–Crippen LogP) is 1.75. The highest BCUT2D eigenvalue weighted by Gasteiger charge is 2.16. The molecule has 0 bridgehead atoms. The van der Waals surface area contributed by atoms with Crippen LogP contribution in [0.1, 0.15) is 17.3 Å². The van der Waals surface area contributed by atoms with E-state index in [1.807, 2.05) is 0 Å². The van der Waals surface area contributed by atoms with E-state index in [0.29, 0.717) is 0 Å². The minimum Gasteiger partial charge on any atom is -0.396 e. The lowest BCUT2D eigenvalue weighted by molar-refractivity contribution is 0.0938. The third kappa shape index (κ3) is 4.58. The molecule has 0 radical (unpaired) electrons. The molecule has 18 heavy (non-hydrogen) atoms. The average molecular weight is 276 g/mol. The Morgan fingerprint density at radius 1 is 1.61 bits per heavy atom. The number of rotatable bonds is 6. The van der Waals surface area contributed by atoms with Crippen LogP contribution in [-0.2, 0) is 0 Å². The van der Waals surface area contributed by atoms with Crippen molar-refractivity contribution < 1.29 is 18.7 Å². The predicted molar refractivity (Wildman–Crippen MR) is 64.7 cm³/mol. The lowest BCUT2D eigenvalue weighted by Crippen LogP contribution is -2.30. The number of aliphatic hydroxyl groups is 1. The maximum atomic E-state index is 12.3. The summed E-state index contributed by atoms with van der Waals surface area (Å²) in [5, 5.41) is 11.4. The monoisotopic (exact) mass is 276 g/mol. The highest BCUT2D eigenvalue weighted by atomic mass is 32.2. The number of hydrogen-bond donors (Lipinski definition) is 2. The van der Waals surface area contributed by atoms with Crippen LogP contribution in [0.3, 0.4) is 0 Å². The molecule has 4 nitrogen and oxygen atoms in total. The maximum Gasteiger partial charge on any atom is 0.290 e. The summed E-state index contributed by atoms with van der Waals surface area (Å²) in [4.78, 5) is 15.5. The Hall–Kier alpha value is -1.21. The summed E-state index contributed by atoms with van der Waals surface area (Å²) < 4.78 is 24.6. The number of halogens is 2. The number of amides is 1. The van der Waals surface area contributed by atoms with Crippen LogP contribution in [0.5, 0.6) is 0 Å². The van der Waals surface area contributed by atoms with E-state index < -0.39 is 11.7 Å². The lowest BCUT2D eigenvalue weighted by Gasteiger charge is -2.11. The second-order valence-corrected chi connectivity index (χ2v) is 4.71. The molecule has 1 aromatic heterocycles. The molecule has 0 spiro atoms. The van der Waals surface area contributed by atoms with Crippen LogP contribution in [0.25, 0.3) is 0 Å². The van der Waals surface area contributed by atoms with Gasteiger partial charge in [-0.3, -0.25) is 4.79 Å². The zero-order valence-corrected chi connectivity index (χ0v) is 10.6. The molecule has 7 heteroatoms. The van der Waals surface area contributed by atoms with E-state index in [1.165, 1.54) is 18.3 Å². The van der Waals surface area contributed by atoms with Crippen LogP contribution in [0.2, 0.25) is 0 Å². The lowest BCUT2D eigenvalue weighted by atomic mass is 10.2. The fraction of sp³-hybridized carbons (Fsp3) is 0.455. The Balaban J connectivity index is 2.72. The fourth-order valence-corrected chi connectivity index (χ4v) is 1.75. The normalized spacial score (nSPS) is 12.5. The van der Waals surface area contributed by atoms with E-state index in [-0.39, 0.29) is 41.4 Å². The standard InChI is InChI=1S/C11H14F2N2O2S/c1-7(6-16)5-15-9(17)8-3-2-4-14-10(8)18-11(12)13/h2-4,7,11,16H,5-6H2,1H3,(H,15,17). The van der Waals surface area contributed by atoms with Crippen molar-refractivity contribution in [3.63, 3.8) is 0 Å². The van der Waals surface area contributed by atoms with Gasteiger partial charge in [-0.25, -0.2) is 4.98 Å². The molecule has 0 fully saturated rings. The Morgan fingerprint density at radius 2 is 2.33 bits per heavy atom. The molecule has 1 heterocycles. The van der Waals surface area contributed by atoms with Crippen LogP contribution in [0.4, 0.5) is 8.78 Å². The molecule has 0 aromatic carbocycles. The van der Waals surface area contributed by atoms with Gasteiger partial charge < -0.3 is 10.4 Å². The van der Waals surface area contributed by atoms with Gasteiger partial charge in [-0.15, -0.1) is 0 Å². The molecule has 1 unspecified atom stereocenters. The van der Waals surface area contributed by atoms with Crippen molar-refractivity contribution in [2.75, 3.05) is 13.2 Å². The van der Waals surface area contributed by atoms with Gasteiger partial charge in [0, 0.05) is 19.3 Å². The minimum atomic E-state index is -2.62. The molecule has 0 aliphatic heterocycles. The third-order valence-corrected chi connectivity index (χ3v) is 2.87. The summed E-state index contributed by atoms with van der Waals surface area (Å²) in [5.41, 5.74) is 0.118. The van der Waals surface area contributed by atoms with Gasteiger partial charge in [-0.1, -0.05) is 6.92 Å². The number of alkyl halides is 2. The SMILES string of the molecule is CC(CO)CNC(=O)c1cccnc1SC(F)F. The molecule has 1 atom stereocenters. The summed E-state index contributed by atoms with van der Waals surface area (Å²) in [7, 11) is 0. The summed E-state index contributed by atoms with van der Waals surface area (Å²) in [5.74, 6) is -3.17. The number of pyridine rings is 1. The average Bonchev–Trinajstić information content (AvgIpc) is 2.35. The third-order valence-electron chi connectivity index (χ3n) is 2.14. The summed E-state index contributed by atoms with van der Waals surface area (Å²) >= 11 is 0.239. The van der Waals surface area contributed by atoms with Gasteiger partial charge in [0.05, 0.1) is 5.56 Å². The first-order valence-corrected chi connectivity index (χ1v) is 6.21. The van der Waals surface area contributed by atoms with E-state index in [1.54, 1.807) is 6.92 Å². The zero-order chi connectivity index (χ0) is 13.5. The van der Waals surface area contributed by atoms with E-state index in [4.69, 9.17) is 5.11 Å². The minimum absolute atomic E-state index is 0.00153. The topological polar surface area (TPSA) is 62.2 Å². The second kappa shape index (κ2) is 7.27. The molecule has 100 valence electrons. The first-order valence-electron chi connectivity index (χ1n) is 5.33. The molecule has 1 aromatic rings. The summed E-state index contributed by atoms with van der Waals surface area (Å²) in [6.45, 7) is 1.99. The highest BCUT2D eigenvalue weighted by molar-refractivity contribution is 7.99. The van der Waals surface area contributed by atoms with Crippen molar-refractivity contribution in [1.82, 2.24) is 10.3 Å². The number of carbonyl (C=O) groups is 1. The van der Waals surface area contributed by atoms with Gasteiger partial charge in [0.15, 0.2) is 0 Å². The summed E-state index contributed by atoms with van der Waals surface area (Å²) in [6, 6.07) is 2.95. The smallest absolute Gasteiger partial charge is 0.290 e. The quantitative estimate of drug-likeness (QED) is 0.777. The maximum absolute atomic E-state index is 12.3. The van der Waals surface area contributed by atoms with Crippen LogP contribution in [0, 0.1) is 5.92 Å². The zero-order valence-electron chi connectivity index (χ0n) is 9.77. The van der Waals surface area contributed by atoms with Gasteiger partial charge in [0.25, 0.3) is 11.7 Å². The molecule has 2 N–H and O–H groups in total. The number of thioether (sulfide) groups is 1. The Bertz CT molecular complexity index is 404. The Labute approximate surface area is 108 Å². The molecule has 0 aliphatic rings. The van der Waals surface area contributed by atoms with Gasteiger partial charge in [-0.2, -0.15) is 8.78 Å². The van der Waals surface area contributed by atoms with Crippen molar-refractivity contribution in [3.05, 3.63) is 23.9 Å². The number of aromatic nitrogens is 1. The van der Waals surface area contributed by atoms with Gasteiger partial charge in [-0.05, 0) is 29.8 Å². The molecular formula is C11H14F2N2O2S. The number of hydrogen-bond acceptors (Lipinski definition) is 4. The van der Waals surface area contributed by atoms with Crippen molar-refractivity contribution >= 4 is 17.7 Å². The van der Waals surface area contributed by atoms with Gasteiger partial charge in [0.1, 0.15) is 5.03 Å². The molecule has 0 aliphatic carbocycles. The summed E-state index contributed by atoms with van der Waals surface area (Å²) in [6.07, 6.45) is 1.36. The number of nitrogens with zero attached hydrogens (tertiary/aromatic N) is 1. The number of carbonyl (C=O) groups excluding carboxylic acids is 1. The number of nitrogens with one attached hydrogen (secondary N) is 1. The first-order chi connectivity index (χ1) is 8.54.